The maximum Gasteiger partial charge on any atom is 0.146 e. The first-order chi connectivity index (χ1) is 8.61. The molecule has 0 fully saturated rings. The van der Waals surface area contributed by atoms with Crippen molar-refractivity contribution in [1.29, 1.82) is 0 Å². The SMILES string of the molecule is CCCC(CC)n1c(C)c(C)c2c(N)ncnc21. The monoisotopic (exact) mass is 246 g/mol. The molecule has 0 aliphatic rings. The van der Waals surface area contributed by atoms with Gasteiger partial charge in [0.15, 0.2) is 0 Å². The maximum absolute atomic E-state index is 5.99. The van der Waals surface area contributed by atoms with Gasteiger partial charge in [-0.2, -0.15) is 0 Å². The summed E-state index contributed by atoms with van der Waals surface area (Å²) in [6.45, 7) is 8.70. The molecule has 0 saturated carbocycles. The Kier molecular flexibility index (Phi) is 3.55. The topological polar surface area (TPSA) is 56.7 Å². The molecule has 1 unspecified atom stereocenters. The third kappa shape index (κ3) is 1.85. The van der Waals surface area contributed by atoms with Crippen LogP contribution in [0.25, 0.3) is 11.0 Å². The van der Waals surface area contributed by atoms with Gasteiger partial charge in [0, 0.05) is 11.7 Å². The lowest BCUT2D eigenvalue weighted by atomic mass is 10.1. The molecule has 0 amide bonds. The van der Waals surface area contributed by atoms with Gasteiger partial charge >= 0.3 is 0 Å². The predicted octanol–water partition coefficient (Wildman–Crippen LogP) is 3.38. The Morgan fingerprint density at radius 1 is 1.28 bits per heavy atom. The standard InChI is InChI=1S/C14H22N4/c1-5-7-11(6-2)18-10(4)9(3)12-13(15)16-8-17-14(12)18/h8,11H,5-7H2,1-4H3,(H2,15,16,17). The molecule has 2 aromatic heterocycles. The smallest absolute Gasteiger partial charge is 0.146 e. The maximum atomic E-state index is 5.99. The molecule has 0 aromatic carbocycles. The van der Waals surface area contributed by atoms with Gasteiger partial charge < -0.3 is 10.3 Å². The average molecular weight is 246 g/mol. The molecule has 0 saturated heterocycles. The Balaban J connectivity index is 2.70. The van der Waals surface area contributed by atoms with E-state index in [1.54, 1.807) is 6.33 Å². The van der Waals surface area contributed by atoms with Crippen molar-refractivity contribution in [2.24, 2.45) is 0 Å². The summed E-state index contributed by atoms with van der Waals surface area (Å²) in [6, 6.07) is 0.500. The van der Waals surface area contributed by atoms with Gasteiger partial charge in [-0.15, -0.1) is 0 Å². The molecule has 4 nitrogen and oxygen atoms in total. The molecule has 0 spiro atoms. The minimum absolute atomic E-state index is 0.500. The normalized spacial score (nSPS) is 13.1. The molecule has 2 heterocycles. The first-order valence-electron chi connectivity index (χ1n) is 6.69. The largest absolute Gasteiger partial charge is 0.383 e. The fourth-order valence-corrected chi connectivity index (χ4v) is 2.75. The van der Waals surface area contributed by atoms with Crippen molar-refractivity contribution in [3.8, 4) is 0 Å². The van der Waals surface area contributed by atoms with Gasteiger partial charge in [-0.25, -0.2) is 9.97 Å². The van der Waals surface area contributed by atoms with Gasteiger partial charge in [0.1, 0.15) is 17.8 Å². The molecule has 2 rings (SSSR count). The van der Waals surface area contributed by atoms with Crippen LogP contribution in [0.5, 0.6) is 0 Å². The number of aryl methyl sites for hydroxylation is 1. The van der Waals surface area contributed by atoms with Gasteiger partial charge in [-0.3, -0.25) is 0 Å². The highest BCUT2D eigenvalue weighted by Gasteiger charge is 2.19. The number of aromatic nitrogens is 3. The number of hydrogen-bond donors (Lipinski definition) is 1. The van der Waals surface area contributed by atoms with E-state index in [1.807, 2.05) is 0 Å². The first kappa shape index (κ1) is 12.9. The molecular formula is C14H22N4. The Labute approximate surface area is 108 Å². The molecule has 2 aromatic rings. The first-order valence-corrected chi connectivity index (χ1v) is 6.69. The van der Waals surface area contributed by atoms with Crippen LogP contribution in [0, 0.1) is 13.8 Å². The summed E-state index contributed by atoms with van der Waals surface area (Å²) in [6.07, 6.45) is 5.02. The highest BCUT2D eigenvalue weighted by Crippen LogP contribution is 2.32. The summed E-state index contributed by atoms with van der Waals surface area (Å²) in [7, 11) is 0. The second-order valence-corrected chi connectivity index (χ2v) is 4.89. The number of nitrogens with two attached hydrogens (primary N) is 1. The van der Waals surface area contributed by atoms with Gasteiger partial charge in [-0.05, 0) is 32.3 Å². The number of rotatable bonds is 4. The van der Waals surface area contributed by atoms with E-state index in [4.69, 9.17) is 5.73 Å². The Hall–Kier alpha value is -1.58. The minimum Gasteiger partial charge on any atom is -0.383 e. The van der Waals surface area contributed by atoms with Crippen LogP contribution in [0.15, 0.2) is 6.33 Å². The summed E-state index contributed by atoms with van der Waals surface area (Å²) in [4.78, 5) is 8.55. The van der Waals surface area contributed by atoms with Crippen molar-refractivity contribution in [2.45, 2.75) is 53.0 Å². The predicted molar refractivity (Wildman–Crippen MR) is 75.7 cm³/mol. The average Bonchev–Trinajstić information content (AvgIpc) is 2.61. The lowest BCUT2D eigenvalue weighted by molar-refractivity contribution is 0.450. The summed E-state index contributed by atoms with van der Waals surface area (Å²) < 4.78 is 2.34. The highest BCUT2D eigenvalue weighted by molar-refractivity contribution is 5.90. The van der Waals surface area contributed by atoms with Crippen molar-refractivity contribution in [1.82, 2.24) is 14.5 Å². The van der Waals surface area contributed by atoms with Gasteiger partial charge in [-0.1, -0.05) is 20.3 Å². The molecule has 4 heteroatoms. The van der Waals surface area contributed by atoms with Gasteiger partial charge in [0.2, 0.25) is 0 Å². The van der Waals surface area contributed by atoms with E-state index >= 15 is 0 Å². The zero-order valence-corrected chi connectivity index (χ0v) is 11.7. The summed E-state index contributed by atoms with van der Waals surface area (Å²) >= 11 is 0. The number of fused-ring (bicyclic) bond motifs is 1. The Bertz CT molecular complexity index is 556. The van der Waals surface area contributed by atoms with Crippen molar-refractivity contribution >= 4 is 16.9 Å². The van der Waals surface area contributed by atoms with E-state index in [-0.39, 0.29) is 0 Å². The van der Waals surface area contributed by atoms with E-state index < -0.39 is 0 Å². The van der Waals surface area contributed by atoms with Crippen molar-refractivity contribution in [3.05, 3.63) is 17.6 Å². The van der Waals surface area contributed by atoms with E-state index in [0.29, 0.717) is 11.9 Å². The van der Waals surface area contributed by atoms with Crippen LogP contribution in [0.1, 0.15) is 50.4 Å². The summed E-state index contributed by atoms with van der Waals surface area (Å²) in [5, 5.41) is 1.02. The Morgan fingerprint density at radius 3 is 2.61 bits per heavy atom. The van der Waals surface area contributed by atoms with E-state index in [1.165, 1.54) is 24.1 Å². The summed E-state index contributed by atoms with van der Waals surface area (Å²) in [5.74, 6) is 0.589. The molecular weight excluding hydrogens is 224 g/mol. The van der Waals surface area contributed by atoms with Crippen molar-refractivity contribution in [2.75, 3.05) is 5.73 Å². The molecule has 18 heavy (non-hydrogen) atoms. The van der Waals surface area contributed by atoms with Crippen LogP contribution >= 0.6 is 0 Å². The third-order valence-corrected chi connectivity index (χ3v) is 3.82. The summed E-state index contributed by atoms with van der Waals surface area (Å²) in [5.41, 5.74) is 9.44. The number of hydrogen-bond acceptors (Lipinski definition) is 3. The van der Waals surface area contributed by atoms with Crippen LogP contribution < -0.4 is 5.73 Å². The van der Waals surface area contributed by atoms with Crippen LogP contribution in [-0.2, 0) is 0 Å². The van der Waals surface area contributed by atoms with Gasteiger partial charge in [0.05, 0.1) is 5.39 Å². The lowest BCUT2D eigenvalue weighted by Gasteiger charge is -2.19. The molecule has 0 bridgehead atoms. The lowest BCUT2D eigenvalue weighted by Crippen LogP contribution is -2.10. The second kappa shape index (κ2) is 4.96. The molecule has 2 N–H and O–H groups in total. The highest BCUT2D eigenvalue weighted by atomic mass is 15.1. The Morgan fingerprint density at radius 2 is 2.00 bits per heavy atom. The van der Waals surface area contributed by atoms with E-state index in [9.17, 15) is 0 Å². The zero-order valence-electron chi connectivity index (χ0n) is 11.7. The molecule has 0 radical (unpaired) electrons. The van der Waals surface area contributed by atoms with Crippen molar-refractivity contribution < 1.29 is 0 Å². The molecule has 0 aliphatic carbocycles. The van der Waals surface area contributed by atoms with Gasteiger partial charge in [0.25, 0.3) is 0 Å². The van der Waals surface area contributed by atoms with E-state index in [2.05, 4.69) is 42.2 Å². The molecule has 1 atom stereocenters. The van der Waals surface area contributed by atoms with Crippen LogP contribution in [-0.4, -0.2) is 14.5 Å². The molecule has 0 aliphatic heterocycles. The number of nitrogens with zero attached hydrogens (tertiary/aromatic N) is 3. The second-order valence-electron chi connectivity index (χ2n) is 4.89. The molecule has 98 valence electrons. The zero-order chi connectivity index (χ0) is 13.3. The van der Waals surface area contributed by atoms with Crippen LogP contribution in [0.4, 0.5) is 5.82 Å². The van der Waals surface area contributed by atoms with Crippen molar-refractivity contribution in [3.63, 3.8) is 0 Å². The van der Waals surface area contributed by atoms with Crippen LogP contribution in [0.3, 0.4) is 0 Å². The third-order valence-electron chi connectivity index (χ3n) is 3.82. The number of anilines is 1. The minimum atomic E-state index is 0.500. The quantitative estimate of drug-likeness (QED) is 0.899. The van der Waals surface area contributed by atoms with E-state index in [0.717, 1.165) is 17.5 Å². The van der Waals surface area contributed by atoms with Crippen LogP contribution in [0.2, 0.25) is 0 Å². The number of nitrogen functional groups attached to an aromatic ring is 1. The fraction of sp³-hybridized carbons (Fsp3) is 0.571. The fourth-order valence-electron chi connectivity index (χ4n) is 2.75.